The smallest absolute Gasteiger partial charge is 0.175 e. The lowest BCUT2D eigenvalue weighted by atomic mass is 10.2. The number of aromatic hydroxyl groups is 1. The van der Waals surface area contributed by atoms with Gasteiger partial charge in [-0.25, -0.2) is 4.39 Å². The molecule has 0 unspecified atom stereocenters. The zero-order valence-corrected chi connectivity index (χ0v) is 16.6. The minimum absolute atomic E-state index is 0.307. The Hall–Kier alpha value is -1.89. The van der Waals surface area contributed by atoms with Gasteiger partial charge in [-0.2, -0.15) is 0 Å². The normalized spacial score (nSPS) is 10.7. The van der Waals surface area contributed by atoms with Gasteiger partial charge in [-0.15, -0.1) is 0 Å². The van der Waals surface area contributed by atoms with Gasteiger partial charge in [-0.3, -0.25) is 0 Å². The summed E-state index contributed by atoms with van der Waals surface area (Å²) in [5, 5.41) is 13.6. The van der Waals surface area contributed by atoms with E-state index in [0.717, 1.165) is 15.4 Å². The van der Waals surface area contributed by atoms with Gasteiger partial charge in [0.25, 0.3) is 0 Å². The van der Waals surface area contributed by atoms with Crippen LogP contribution in [0, 0.1) is 5.82 Å². The summed E-state index contributed by atoms with van der Waals surface area (Å²) in [5.74, 6) is -1.10. The minimum Gasteiger partial charge on any atom is -0.503 e. The standard InChI is InChI=1S/C19H15BrClFN2OS/c20-12-8-16(22)19(25)17(9-12)24-10-11-7-14(23)3-6-18(11)26-15-4-1-13(21)2-5-15/h1-9,24-25H,10,23H2. The molecule has 3 rings (SSSR count). The van der Waals surface area contributed by atoms with Crippen molar-refractivity contribution in [2.45, 2.75) is 16.3 Å². The van der Waals surface area contributed by atoms with Gasteiger partial charge in [-0.05, 0) is 60.2 Å². The van der Waals surface area contributed by atoms with Crippen molar-refractivity contribution in [3.8, 4) is 5.75 Å². The third-order valence-corrected chi connectivity index (χ3v) is 5.46. The maximum absolute atomic E-state index is 13.7. The molecule has 3 aromatic rings. The number of nitrogen functional groups attached to an aromatic ring is 1. The molecular weight excluding hydrogens is 439 g/mol. The Morgan fingerprint density at radius 1 is 1.12 bits per heavy atom. The van der Waals surface area contributed by atoms with E-state index in [1.807, 2.05) is 42.5 Å². The van der Waals surface area contributed by atoms with Crippen LogP contribution in [-0.2, 0) is 6.54 Å². The van der Waals surface area contributed by atoms with Crippen molar-refractivity contribution >= 4 is 50.7 Å². The molecule has 0 fully saturated rings. The minimum atomic E-state index is -0.690. The van der Waals surface area contributed by atoms with Crippen molar-refractivity contribution in [2.24, 2.45) is 0 Å². The molecule has 7 heteroatoms. The number of hydrogen-bond acceptors (Lipinski definition) is 4. The summed E-state index contributed by atoms with van der Waals surface area (Å²) in [6.07, 6.45) is 0. The van der Waals surface area contributed by atoms with Crippen LogP contribution < -0.4 is 11.1 Å². The maximum Gasteiger partial charge on any atom is 0.175 e. The van der Waals surface area contributed by atoms with Crippen LogP contribution in [0.5, 0.6) is 5.75 Å². The second kappa shape index (κ2) is 8.20. The van der Waals surface area contributed by atoms with Crippen LogP contribution in [0.15, 0.2) is 68.9 Å². The van der Waals surface area contributed by atoms with E-state index in [4.69, 9.17) is 17.3 Å². The number of nitrogens with two attached hydrogens (primary N) is 1. The first-order chi connectivity index (χ1) is 12.4. The molecule has 3 aromatic carbocycles. The summed E-state index contributed by atoms with van der Waals surface area (Å²) in [5.41, 5.74) is 7.79. The molecule has 0 heterocycles. The molecular formula is C19H15BrClFN2OS. The lowest BCUT2D eigenvalue weighted by molar-refractivity contribution is 0.434. The summed E-state index contributed by atoms with van der Waals surface area (Å²) in [6, 6.07) is 16.0. The highest BCUT2D eigenvalue weighted by atomic mass is 79.9. The Morgan fingerprint density at radius 2 is 1.85 bits per heavy atom. The van der Waals surface area contributed by atoms with Gasteiger partial charge in [0.15, 0.2) is 11.6 Å². The largest absolute Gasteiger partial charge is 0.503 e. The Bertz CT molecular complexity index is 938. The Balaban J connectivity index is 1.83. The number of nitrogens with one attached hydrogen (secondary N) is 1. The molecule has 0 saturated carbocycles. The highest BCUT2D eigenvalue weighted by molar-refractivity contribution is 9.10. The summed E-state index contributed by atoms with van der Waals surface area (Å²) >= 11 is 10.7. The number of phenolic OH excluding ortho intramolecular Hbond substituents is 1. The fourth-order valence-corrected chi connectivity index (χ4v) is 3.84. The van der Waals surface area contributed by atoms with Crippen LogP contribution in [0.4, 0.5) is 15.8 Å². The molecule has 0 atom stereocenters. The number of anilines is 2. The van der Waals surface area contributed by atoms with Crippen LogP contribution >= 0.6 is 39.3 Å². The molecule has 0 radical (unpaired) electrons. The van der Waals surface area contributed by atoms with Crippen LogP contribution in [0.2, 0.25) is 5.02 Å². The number of rotatable bonds is 5. The number of phenols is 1. The lowest BCUT2D eigenvalue weighted by Gasteiger charge is -2.14. The average Bonchev–Trinajstić information content (AvgIpc) is 2.60. The Morgan fingerprint density at radius 3 is 2.58 bits per heavy atom. The zero-order chi connectivity index (χ0) is 18.7. The van der Waals surface area contributed by atoms with Gasteiger partial charge in [0.2, 0.25) is 0 Å². The van der Waals surface area contributed by atoms with Gasteiger partial charge in [-0.1, -0.05) is 39.3 Å². The third-order valence-electron chi connectivity index (χ3n) is 3.62. The SMILES string of the molecule is Nc1ccc(Sc2ccc(Cl)cc2)c(CNc2cc(Br)cc(F)c2O)c1. The Labute approximate surface area is 168 Å². The second-order valence-corrected chi connectivity index (χ2v) is 8.03. The van der Waals surface area contributed by atoms with Crippen molar-refractivity contribution in [1.29, 1.82) is 0 Å². The summed E-state index contributed by atoms with van der Waals surface area (Å²) in [6.45, 7) is 0.379. The third kappa shape index (κ3) is 4.63. The Kier molecular flexibility index (Phi) is 5.96. The van der Waals surface area contributed by atoms with Crippen LogP contribution in [0.3, 0.4) is 0 Å². The number of halogens is 3. The maximum atomic E-state index is 13.7. The molecule has 4 N–H and O–H groups in total. The van der Waals surface area contributed by atoms with Gasteiger partial charge in [0, 0.05) is 31.5 Å². The fraction of sp³-hybridized carbons (Fsp3) is 0.0526. The summed E-state index contributed by atoms with van der Waals surface area (Å²) in [4.78, 5) is 2.04. The van der Waals surface area contributed by atoms with E-state index in [2.05, 4.69) is 21.2 Å². The van der Waals surface area contributed by atoms with Crippen molar-refractivity contribution in [1.82, 2.24) is 0 Å². The van der Waals surface area contributed by atoms with Crippen molar-refractivity contribution in [2.75, 3.05) is 11.1 Å². The first kappa shape index (κ1) is 18.9. The molecule has 0 saturated heterocycles. The van der Waals surface area contributed by atoms with E-state index < -0.39 is 11.6 Å². The van der Waals surface area contributed by atoms with E-state index in [1.165, 1.54) is 6.07 Å². The molecule has 0 aliphatic rings. The van der Waals surface area contributed by atoms with E-state index in [9.17, 15) is 9.50 Å². The second-order valence-electron chi connectivity index (χ2n) is 5.56. The van der Waals surface area contributed by atoms with E-state index in [-0.39, 0.29) is 0 Å². The number of hydrogen-bond donors (Lipinski definition) is 3. The lowest BCUT2D eigenvalue weighted by Crippen LogP contribution is -2.03. The quantitative estimate of drug-likeness (QED) is 0.314. The molecule has 134 valence electrons. The van der Waals surface area contributed by atoms with Gasteiger partial charge >= 0.3 is 0 Å². The van der Waals surface area contributed by atoms with Gasteiger partial charge in [0.1, 0.15) is 0 Å². The monoisotopic (exact) mass is 452 g/mol. The van der Waals surface area contributed by atoms with Crippen molar-refractivity contribution in [3.05, 3.63) is 75.5 Å². The molecule has 0 spiro atoms. The summed E-state index contributed by atoms with van der Waals surface area (Å²) in [7, 11) is 0. The van der Waals surface area contributed by atoms with Gasteiger partial charge in [0.05, 0.1) is 5.69 Å². The van der Waals surface area contributed by atoms with Crippen molar-refractivity contribution < 1.29 is 9.50 Å². The predicted molar refractivity (Wildman–Crippen MR) is 110 cm³/mol. The van der Waals surface area contributed by atoms with Crippen LogP contribution in [-0.4, -0.2) is 5.11 Å². The molecule has 0 aliphatic carbocycles. The van der Waals surface area contributed by atoms with Crippen LogP contribution in [0.25, 0.3) is 0 Å². The molecule has 0 aliphatic heterocycles. The highest BCUT2D eigenvalue weighted by Gasteiger charge is 2.11. The first-order valence-corrected chi connectivity index (χ1v) is 9.65. The molecule has 26 heavy (non-hydrogen) atoms. The van der Waals surface area contributed by atoms with Crippen LogP contribution in [0.1, 0.15) is 5.56 Å². The van der Waals surface area contributed by atoms with E-state index >= 15 is 0 Å². The molecule has 0 aromatic heterocycles. The molecule has 0 amide bonds. The van der Waals surface area contributed by atoms with Gasteiger partial charge < -0.3 is 16.2 Å². The zero-order valence-electron chi connectivity index (χ0n) is 13.5. The molecule has 3 nitrogen and oxygen atoms in total. The average molecular weight is 454 g/mol. The van der Waals surface area contributed by atoms with Crippen molar-refractivity contribution in [3.63, 3.8) is 0 Å². The van der Waals surface area contributed by atoms with E-state index in [0.29, 0.717) is 27.4 Å². The highest BCUT2D eigenvalue weighted by Crippen LogP contribution is 2.34. The molecule has 0 bridgehead atoms. The fourth-order valence-electron chi connectivity index (χ4n) is 2.36. The number of benzene rings is 3. The summed E-state index contributed by atoms with van der Waals surface area (Å²) < 4.78 is 14.2. The first-order valence-electron chi connectivity index (χ1n) is 7.66. The predicted octanol–water partition coefficient (Wildman–Crippen LogP) is 6.29. The van der Waals surface area contributed by atoms with E-state index in [1.54, 1.807) is 17.8 Å². The topological polar surface area (TPSA) is 58.3 Å².